The van der Waals surface area contributed by atoms with Gasteiger partial charge in [-0.2, -0.15) is 0 Å². The molecule has 6 heavy (non-hydrogen) atoms. The quantitative estimate of drug-likeness (QED) is 0.487. The van der Waals surface area contributed by atoms with E-state index in [0.717, 1.165) is 6.54 Å². The van der Waals surface area contributed by atoms with Crippen molar-refractivity contribution >= 4 is 6.41 Å². The molecule has 0 atom stereocenters. The largest absolute Gasteiger partial charge is 0.359 e. The predicted octanol–water partition coefficient (Wildman–Crippen LogP) is 0.388. The highest BCUT2D eigenvalue weighted by molar-refractivity contribution is 5.45. The minimum atomic E-state index is 0. The molecule has 38 valence electrons. The van der Waals surface area contributed by atoms with E-state index >= 15 is 0 Å². The van der Waals surface area contributed by atoms with Gasteiger partial charge < -0.3 is 5.32 Å². The van der Waals surface area contributed by atoms with Crippen molar-refractivity contribution < 1.29 is 4.79 Å². The Balaban J connectivity index is 0. The second-order valence-electron chi connectivity index (χ2n) is 0.676. The van der Waals surface area contributed by atoms with E-state index in [1.165, 1.54) is 0 Å². The monoisotopic (exact) mass is 89.1 g/mol. The Labute approximate surface area is 38.6 Å². The van der Waals surface area contributed by atoms with Crippen molar-refractivity contribution in [1.82, 2.24) is 5.32 Å². The SMILES string of the molecule is C.CCNC=O. The van der Waals surface area contributed by atoms with Gasteiger partial charge in [-0.15, -0.1) is 0 Å². The third kappa shape index (κ3) is 9.80. The van der Waals surface area contributed by atoms with E-state index in [9.17, 15) is 4.79 Å². The summed E-state index contributed by atoms with van der Waals surface area (Å²) in [6.07, 6.45) is 0.681. The maximum atomic E-state index is 9.29. The van der Waals surface area contributed by atoms with Crippen molar-refractivity contribution in [2.24, 2.45) is 0 Å². The van der Waals surface area contributed by atoms with Crippen LogP contribution in [0.1, 0.15) is 14.4 Å². The van der Waals surface area contributed by atoms with Crippen LogP contribution < -0.4 is 5.32 Å². The number of rotatable bonds is 2. The molecule has 0 unspecified atom stereocenters. The lowest BCUT2D eigenvalue weighted by Gasteiger charge is -1.78. The summed E-state index contributed by atoms with van der Waals surface area (Å²) < 4.78 is 0. The van der Waals surface area contributed by atoms with E-state index in [-0.39, 0.29) is 7.43 Å². The van der Waals surface area contributed by atoms with Crippen molar-refractivity contribution in [2.45, 2.75) is 14.4 Å². The van der Waals surface area contributed by atoms with Crippen molar-refractivity contribution in [3.8, 4) is 0 Å². The molecule has 0 aromatic rings. The molecule has 1 amide bonds. The van der Waals surface area contributed by atoms with E-state index in [1.807, 2.05) is 6.92 Å². The average molecular weight is 89.1 g/mol. The van der Waals surface area contributed by atoms with Gasteiger partial charge in [0.2, 0.25) is 6.41 Å². The van der Waals surface area contributed by atoms with Crippen LogP contribution in [0.2, 0.25) is 0 Å². The van der Waals surface area contributed by atoms with Crippen LogP contribution in [0, 0.1) is 0 Å². The number of hydrogen-bond donors (Lipinski definition) is 1. The Morgan fingerprint density at radius 2 is 2.33 bits per heavy atom. The third-order valence-corrected chi connectivity index (χ3v) is 0.287. The standard InChI is InChI=1S/C3H7NO.CH4/c1-2-4-3-5;/h3H,2H2,1H3,(H,4,5);1H4. The minimum Gasteiger partial charge on any atom is -0.359 e. The molecule has 0 aliphatic carbocycles. The molecule has 0 aromatic carbocycles. The molecule has 0 heterocycles. The Kier molecular flexibility index (Phi) is 13.3. The zero-order valence-corrected chi connectivity index (χ0v) is 3.19. The topological polar surface area (TPSA) is 29.1 Å². The first-order valence-corrected chi connectivity index (χ1v) is 1.59. The molecule has 2 heteroatoms. The minimum absolute atomic E-state index is 0. The summed E-state index contributed by atoms with van der Waals surface area (Å²) in [5.74, 6) is 0. The number of nitrogens with one attached hydrogen (secondary N) is 1. The molecular formula is C4H11NO. The van der Waals surface area contributed by atoms with Crippen LogP contribution in [0.3, 0.4) is 0 Å². The molecule has 0 radical (unpaired) electrons. The maximum absolute atomic E-state index is 9.29. The number of carbonyl (C=O) groups excluding carboxylic acids is 1. The Bertz CT molecular complexity index is 28.7. The van der Waals surface area contributed by atoms with Gasteiger partial charge in [0.1, 0.15) is 0 Å². The predicted molar refractivity (Wildman–Crippen MR) is 26.5 cm³/mol. The smallest absolute Gasteiger partial charge is 0.207 e. The lowest BCUT2D eigenvalue weighted by atomic mass is 10.8. The van der Waals surface area contributed by atoms with E-state index in [2.05, 4.69) is 5.32 Å². The first-order valence-electron chi connectivity index (χ1n) is 1.59. The third-order valence-electron chi connectivity index (χ3n) is 0.287. The van der Waals surface area contributed by atoms with Gasteiger partial charge in [0.15, 0.2) is 0 Å². The summed E-state index contributed by atoms with van der Waals surface area (Å²) in [7, 11) is 0. The van der Waals surface area contributed by atoms with Gasteiger partial charge >= 0.3 is 0 Å². The summed E-state index contributed by atoms with van der Waals surface area (Å²) >= 11 is 0. The molecule has 0 rings (SSSR count). The van der Waals surface area contributed by atoms with Crippen LogP contribution in [0.25, 0.3) is 0 Å². The Hall–Kier alpha value is -0.530. The van der Waals surface area contributed by atoms with Crippen LogP contribution >= 0.6 is 0 Å². The molecule has 0 aliphatic rings. The van der Waals surface area contributed by atoms with Crippen molar-refractivity contribution in [2.75, 3.05) is 6.54 Å². The van der Waals surface area contributed by atoms with E-state index < -0.39 is 0 Å². The average Bonchev–Trinajstić information content (AvgIpc) is 1.41. The fourth-order valence-electron chi connectivity index (χ4n) is 0.0833. The van der Waals surface area contributed by atoms with E-state index in [1.54, 1.807) is 0 Å². The van der Waals surface area contributed by atoms with Gasteiger partial charge in [0, 0.05) is 6.54 Å². The van der Waals surface area contributed by atoms with E-state index in [4.69, 9.17) is 0 Å². The summed E-state index contributed by atoms with van der Waals surface area (Å²) in [5.41, 5.74) is 0. The van der Waals surface area contributed by atoms with Gasteiger partial charge in [-0.3, -0.25) is 4.79 Å². The zero-order chi connectivity index (χ0) is 4.12. The summed E-state index contributed by atoms with van der Waals surface area (Å²) in [4.78, 5) is 9.29. The highest BCUT2D eigenvalue weighted by atomic mass is 16.1. The van der Waals surface area contributed by atoms with Crippen LogP contribution in [0.5, 0.6) is 0 Å². The molecule has 0 aromatic heterocycles. The molecular weight excluding hydrogens is 78.0 g/mol. The summed E-state index contributed by atoms with van der Waals surface area (Å²) in [5, 5.41) is 2.43. The van der Waals surface area contributed by atoms with Crippen LogP contribution in [-0.4, -0.2) is 13.0 Å². The molecule has 0 bridgehead atoms. The zero-order valence-electron chi connectivity index (χ0n) is 3.19. The second kappa shape index (κ2) is 8.82. The number of carbonyl (C=O) groups is 1. The number of hydrogen-bond acceptors (Lipinski definition) is 1. The Morgan fingerprint density at radius 3 is 2.33 bits per heavy atom. The molecule has 0 fully saturated rings. The maximum Gasteiger partial charge on any atom is 0.207 e. The lowest BCUT2D eigenvalue weighted by Crippen LogP contribution is -2.07. The molecule has 0 saturated heterocycles. The first kappa shape index (κ1) is 9.08. The van der Waals surface area contributed by atoms with Crippen molar-refractivity contribution in [3.63, 3.8) is 0 Å². The lowest BCUT2D eigenvalue weighted by molar-refractivity contribution is -0.109. The van der Waals surface area contributed by atoms with Crippen LogP contribution in [0.15, 0.2) is 0 Å². The van der Waals surface area contributed by atoms with Crippen molar-refractivity contribution in [1.29, 1.82) is 0 Å². The molecule has 0 saturated carbocycles. The molecule has 0 aliphatic heterocycles. The first-order chi connectivity index (χ1) is 2.41. The molecule has 1 N–H and O–H groups in total. The van der Waals surface area contributed by atoms with Crippen LogP contribution in [-0.2, 0) is 4.79 Å². The fraction of sp³-hybridized carbons (Fsp3) is 0.750. The van der Waals surface area contributed by atoms with Gasteiger partial charge in [-0.1, -0.05) is 7.43 Å². The molecule has 2 nitrogen and oxygen atoms in total. The normalized spacial score (nSPS) is 5.50. The summed E-state index contributed by atoms with van der Waals surface area (Å²) in [6, 6.07) is 0. The van der Waals surface area contributed by atoms with Crippen molar-refractivity contribution in [3.05, 3.63) is 0 Å². The second-order valence-corrected chi connectivity index (χ2v) is 0.676. The summed E-state index contributed by atoms with van der Waals surface area (Å²) in [6.45, 7) is 2.60. The van der Waals surface area contributed by atoms with E-state index in [0.29, 0.717) is 6.41 Å². The Morgan fingerprint density at radius 1 is 1.83 bits per heavy atom. The van der Waals surface area contributed by atoms with Gasteiger partial charge in [0.05, 0.1) is 0 Å². The fourth-order valence-corrected chi connectivity index (χ4v) is 0.0833. The van der Waals surface area contributed by atoms with Gasteiger partial charge in [-0.25, -0.2) is 0 Å². The van der Waals surface area contributed by atoms with Gasteiger partial charge in [-0.05, 0) is 6.92 Å². The highest BCUT2D eigenvalue weighted by Crippen LogP contribution is 1.37. The van der Waals surface area contributed by atoms with Crippen LogP contribution in [0.4, 0.5) is 0 Å². The number of amides is 1. The highest BCUT2D eigenvalue weighted by Gasteiger charge is 1.59. The molecule has 0 spiro atoms. The van der Waals surface area contributed by atoms with Gasteiger partial charge in [0.25, 0.3) is 0 Å².